The minimum Gasteiger partial charge on any atom is -0.368 e. The number of nitrogens with zero attached hydrogens (tertiary/aromatic N) is 2. The van der Waals surface area contributed by atoms with E-state index in [1.54, 1.807) is 19.2 Å². The van der Waals surface area contributed by atoms with Crippen LogP contribution in [0.15, 0.2) is 12.1 Å². The molecule has 0 spiro atoms. The van der Waals surface area contributed by atoms with Crippen LogP contribution < -0.4 is 16.4 Å². The van der Waals surface area contributed by atoms with Crippen molar-refractivity contribution in [2.75, 3.05) is 25.5 Å². The molecule has 0 radical (unpaired) electrons. The first-order valence-electron chi connectivity index (χ1n) is 6.19. The Morgan fingerprint density at radius 2 is 2.22 bits per heavy atom. The van der Waals surface area contributed by atoms with Gasteiger partial charge in [0.1, 0.15) is 5.82 Å². The van der Waals surface area contributed by atoms with Gasteiger partial charge < -0.3 is 16.4 Å². The predicted molar refractivity (Wildman–Crippen MR) is 69.3 cm³/mol. The molecule has 1 fully saturated rings. The van der Waals surface area contributed by atoms with Crippen molar-refractivity contribution in [2.24, 2.45) is 11.1 Å². The fourth-order valence-corrected chi connectivity index (χ4v) is 1.95. The van der Waals surface area contributed by atoms with Crippen LogP contribution in [0.25, 0.3) is 0 Å². The van der Waals surface area contributed by atoms with Crippen LogP contribution in [0.3, 0.4) is 0 Å². The van der Waals surface area contributed by atoms with Gasteiger partial charge in [-0.25, -0.2) is 0 Å². The molecule has 1 aliphatic carbocycles. The van der Waals surface area contributed by atoms with Crippen LogP contribution in [0.2, 0.25) is 0 Å². The zero-order chi connectivity index (χ0) is 13.0. The molecule has 4 N–H and O–H groups in total. The number of carbonyl (C=O) groups excluding carboxylic acids is 1. The average Bonchev–Trinajstić information content (AvgIpc) is 3.17. The lowest BCUT2D eigenvalue weighted by Gasteiger charge is -2.14. The molecule has 6 nitrogen and oxygen atoms in total. The monoisotopic (exact) mass is 249 g/mol. The van der Waals surface area contributed by atoms with Crippen LogP contribution in [0, 0.1) is 5.41 Å². The molecule has 1 amide bonds. The first-order chi connectivity index (χ1) is 8.69. The van der Waals surface area contributed by atoms with Gasteiger partial charge in [-0.3, -0.25) is 4.79 Å². The SMILES string of the molecule is CNC(=O)c1ccc(NCC2(CCN)CC2)nn1. The number of nitrogens with two attached hydrogens (primary N) is 1. The van der Waals surface area contributed by atoms with Crippen molar-refractivity contribution < 1.29 is 4.79 Å². The van der Waals surface area contributed by atoms with Crippen LogP contribution in [0.4, 0.5) is 5.82 Å². The van der Waals surface area contributed by atoms with Crippen LogP contribution in [0.1, 0.15) is 29.8 Å². The highest BCUT2D eigenvalue weighted by Gasteiger charge is 2.41. The summed E-state index contributed by atoms with van der Waals surface area (Å²) in [6, 6.07) is 3.44. The van der Waals surface area contributed by atoms with E-state index < -0.39 is 0 Å². The number of amides is 1. The molecule has 0 saturated heterocycles. The number of aromatic nitrogens is 2. The molecule has 1 aromatic heterocycles. The fourth-order valence-electron chi connectivity index (χ4n) is 1.95. The van der Waals surface area contributed by atoms with Crippen molar-refractivity contribution in [3.05, 3.63) is 17.8 Å². The second-order valence-electron chi connectivity index (χ2n) is 4.78. The third kappa shape index (κ3) is 2.95. The Hall–Kier alpha value is -1.69. The van der Waals surface area contributed by atoms with Gasteiger partial charge in [0.25, 0.3) is 5.91 Å². The topological polar surface area (TPSA) is 92.9 Å². The maximum Gasteiger partial charge on any atom is 0.271 e. The Balaban J connectivity index is 1.89. The summed E-state index contributed by atoms with van der Waals surface area (Å²) in [5.41, 5.74) is 6.27. The molecule has 1 aliphatic rings. The maximum absolute atomic E-state index is 11.3. The van der Waals surface area contributed by atoms with E-state index in [0.717, 1.165) is 19.5 Å². The lowest BCUT2D eigenvalue weighted by atomic mass is 10.0. The highest BCUT2D eigenvalue weighted by molar-refractivity contribution is 5.91. The summed E-state index contributed by atoms with van der Waals surface area (Å²) in [6.07, 6.45) is 3.49. The molecule has 98 valence electrons. The smallest absolute Gasteiger partial charge is 0.271 e. The summed E-state index contributed by atoms with van der Waals surface area (Å²) in [4.78, 5) is 11.3. The second-order valence-corrected chi connectivity index (χ2v) is 4.78. The zero-order valence-corrected chi connectivity index (χ0v) is 10.6. The Labute approximate surface area is 106 Å². The molecule has 0 aliphatic heterocycles. The number of nitrogens with one attached hydrogen (secondary N) is 2. The molecule has 0 aromatic carbocycles. The quantitative estimate of drug-likeness (QED) is 0.677. The molecule has 6 heteroatoms. The highest BCUT2D eigenvalue weighted by atomic mass is 16.1. The molecule has 0 unspecified atom stereocenters. The third-order valence-corrected chi connectivity index (χ3v) is 3.40. The van der Waals surface area contributed by atoms with Gasteiger partial charge in [-0.2, -0.15) is 0 Å². The van der Waals surface area contributed by atoms with Crippen molar-refractivity contribution in [2.45, 2.75) is 19.3 Å². The standard InChI is InChI=1S/C12H19N5O/c1-14-11(18)9-2-3-10(17-16-9)15-8-12(4-5-12)6-7-13/h2-3H,4-8,13H2,1H3,(H,14,18)(H,15,17). The van der Waals surface area contributed by atoms with E-state index in [-0.39, 0.29) is 5.91 Å². The Morgan fingerprint density at radius 3 is 2.72 bits per heavy atom. The summed E-state index contributed by atoms with van der Waals surface area (Å²) in [7, 11) is 1.57. The Kier molecular flexibility index (Phi) is 3.76. The first kappa shape index (κ1) is 12.8. The van der Waals surface area contributed by atoms with Gasteiger partial charge in [0.15, 0.2) is 5.69 Å². The van der Waals surface area contributed by atoms with E-state index in [9.17, 15) is 4.79 Å². The number of carbonyl (C=O) groups is 1. The molecule has 1 heterocycles. The van der Waals surface area contributed by atoms with E-state index >= 15 is 0 Å². The largest absolute Gasteiger partial charge is 0.368 e. The average molecular weight is 249 g/mol. The summed E-state index contributed by atoms with van der Waals surface area (Å²) in [6.45, 7) is 1.60. The normalized spacial score (nSPS) is 16.1. The Morgan fingerprint density at radius 1 is 1.44 bits per heavy atom. The van der Waals surface area contributed by atoms with Gasteiger partial charge in [-0.1, -0.05) is 0 Å². The molecule has 0 atom stereocenters. The van der Waals surface area contributed by atoms with E-state index in [0.29, 0.717) is 16.9 Å². The molecule has 1 saturated carbocycles. The van der Waals surface area contributed by atoms with Crippen molar-refractivity contribution in [3.8, 4) is 0 Å². The number of hydrogen-bond acceptors (Lipinski definition) is 5. The van der Waals surface area contributed by atoms with Gasteiger partial charge in [-0.15, -0.1) is 10.2 Å². The van der Waals surface area contributed by atoms with Crippen molar-refractivity contribution >= 4 is 11.7 Å². The molecule has 1 aromatic rings. The molecular weight excluding hydrogens is 230 g/mol. The van der Waals surface area contributed by atoms with Gasteiger partial charge in [-0.05, 0) is 43.4 Å². The van der Waals surface area contributed by atoms with Crippen molar-refractivity contribution in [1.29, 1.82) is 0 Å². The lowest BCUT2D eigenvalue weighted by molar-refractivity contribution is 0.0957. The fraction of sp³-hybridized carbons (Fsp3) is 0.583. The third-order valence-electron chi connectivity index (χ3n) is 3.40. The maximum atomic E-state index is 11.3. The van der Waals surface area contributed by atoms with E-state index in [1.807, 2.05) is 0 Å². The van der Waals surface area contributed by atoms with Crippen LogP contribution in [-0.2, 0) is 0 Å². The van der Waals surface area contributed by atoms with Gasteiger partial charge >= 0.3 is 0 Å². The number of anilines is 1. The number of hydrogen-bond donors (Lipinski definition) is 3. The molecule has 18 heavy (non-hydrogen) atoms. The first-order valence-corrected chi connectivity index (χ1v) is 6.19. The van der Waals surface area contributed by atoms with E-state index in [1.165, 1.54) is 12.8 Å². The van der Waals surface area contributed by atoms with E-state index in [2.05, 4.69) is 20.8 Å². The van der Waals surface area contributed by atoms with Gasteiger partial charge in [0.2, 0.25) is 0 Å². The highest BCUT2D eigenvalue weighted by Crippen LogP contribution is 2.48. The molecule has 2 rings (SSSR count). The zero-order valence-electron chi connectivity index (χ0n) is 10.6. The summed E-state index contributed by atoms with van der Waals surface area (Å²) >= 11 is 0. The minimum absolute atomic E-state index is 0.226. The Bertz CT molecular complexity index is 413. The van der Waals surface area contributed by atoms with Crippen LogP contribution >= 0.6 is 0 Å². The number of rotatable bonds is 6. The van der Waals surface area contributed by atoms with Crippen molar-refractivity contribution in [1.82, 2.24) is 15.5 Å². The lowest BCUT2D eigenvalue weighted by Crippen LogP contribution is -2.21. The van der Waals surface area contributed by atoms with Crippen molar-refractivity contribution in [3.63, 3.8) is 0 Å². The summed E-state index contributed by atoms with van der Waals surface area (Å²) in [5, 5.41) is 13.6. The summed E-state index contributed by atoms with van der Waals surface area (Å²) < 4.78 is 0. The molecule has 0 bridgehead atoms. The predicted octanol–water partition coefficient (Wildman–Crippen LogP) is 0.377. The van der Waals surface area contributed by atoms with Crippen LogP contribution in [0.5, 0.6) is 0 Å². The summed E-state index contributed by atoms with van der Waals surface area (Å²) in [5.74, 6) is 0.474. The molecular formula is C12H19N5O. The van der Waals surface area contributed by atoms with Crippen LogP contribution in [-0.4, -0.2) is 36.2 Å². The second kappa shape index (κ2) is 5.30. The van der Waals surface area contributed by atoms with Gasteiger partial charge in [0, 0.05) is 13.6 Å². The van der Waals surface area contributed by atoms with Gasteiger partial charge in [0.05, 0.1) is 0 Å². The van der Waals surface area contributed by atoms with E-state index in [4.69, 9.17) is 5.73 Å². The minimum atomic E-state index is -0.226.